The van der Waals surface area contributed by atoms with Gasteiger partial charge in [0.15, 0.2) is 5.82 Å². The summed E-state index contributed by atoms with van der Waals surface area (Å²) in [7, 11) is 0. The predicted molar refractivity (Wildman–Crippen MR) is 105 cm³/mol. The number of rotatable bonds is 6. The van der Waals surface area contributed by atoms with E-state index in [1.807, 2.05) is 18.2 Å². The van der Waals surface area contributed by atoms with Crippen LogP contribution in [0.25, 0.3) is 0 Å². The minimum Gasteiger partial charge on any atom is -0.323 e. The number of imide groups is 1. The number of amides is 4. The van der Waals surface area contributed by atoms with Crippen molar-refractivity contribution in [1.82, 2.24) is 25.0 Å². The molecule has 2 aromatic heterocycles. The van der Waals surface area contributed by atoms with Crippen molar-refractivity contribution in [2.24, 2.45) is 0 Å². The SMILES string of the molecule is O=C(CCN1C(=O)NC2(CCCCC2)C1=O)Nc1ccn(Cc2ccccn2)n1. The van der Waals surface area contributed by atoms with Crippen molar-refractivity contribution in [2.45, 2.75) is 50.6 Å². The van der Waals surface area contributed by atoms with Crippen molar-refractivity contribution in [1.29, 1.82) is 0 Å². The average molecular weight is 396 g/mol. The molecule has 0 radical (unpaired) electrons. The number of aromatic nitrogens is 3. The maximum Gasteiger partial charge on any atom is 0.325 e. The smallest absolute Gasteiger partial charge is 0.323 e. The fourth-order valence-electron chi connectivity index (χ4n) is 3.97. The van der Waals surface area contributed by atoms with Gasteiger partial charge in [-0.2, -0.15) is 5.10 Å². The van der Waals surface area contributed by atoms with Crippen LogP contribution in [-0.4, -0.2) is 49.6 Å². The van der Waals surface area contributed by atoms with Crippen LogP contribution in [0.5, 0.6) is 0 Å². The van der Waals surface area contributed by atoms with Gasteiger partial charge in [-0.25, -0.2) is 4.79 Å². The third-order valence-electron chi connectivity index (χ3n) is 5.47. The quantitative estimate of drug-likeness (QED) is 0.725. The summed E-state index contributed by atoms with van der Waals surface area (Å²) >= 11 is 0. The standard InChI is InChI=1S/C20H24N6O3/c27-17(22-16-7-12-25(24-16)14-15-6-2-5-11-21-15)8-13-26-18(28)20(23-19(26)29)9-3-1-4-10-20/h2,5-7,11-12H,1,3-4,8-10,13-14H2,(H,23,29)(H,22,24,27). The van der Waals surface area contributed by atoms with Crippen LogP contribution < -0.4 is 10.6 Å². The number of nitrogens with zero attached hydrogens (tertiary/aromatic N) is 4. The molecule has 4 amide bonds. The van der Waals surface area contributed by atoms with Gasteiger partial charge in [-0.05, 0) is 25.0 Å². The van der Waals surface area contributed by atoms with Gasteiger partial charge in [0.25, 0.3) is 5.91 Å². The second-order valence-corrected chi connectivity index (χ2v) is 7.55. The predicted octanol–water partition coefficient (Wildman–Crippen LogP) is 1.91. The summed E-state index contributed by atoms with van der Waals surface area (Å²) < 4.78 is 1.68. The third-order valence-corrected chi connectivity index (χ3v) is 5.47. The highest BCUT2D eigenvalue weighted by atomic mass is 16.2. The van der Waals surface area contributed by atoms with E-state index in [2.05, 4.69) is 20.7 Å². The van der Waals surface area contributed by atoms with Crippen molar-refractivity contribution in [2.75, 3.05) is 11.9 Å². The van der Waals surface area contributed by atoms with Gasteiger partial charge in [-0.3, -0.25) is 24.2 Å². The van der Waals surface area contributed by atoms with E-state index in [0.29, 0.717) is 25.2 Å². The number of urea groups is 1. The molecule has 2 aromatic rings. The largest absolute Gasteiger partial charge is 0.325 e. The zero-order chi connectivity index (χ0) is 20.3. The second-order valence-electron chi connectivity index (χ2n) is 7.55. The van der Waals surface area contributed by atoms with E-state index >= 15 is 0 Å². The van der Waals surface area contributed by atoms with E-state index in [4.69, 9.17) is 0 Å². The molecule has 2 N–H and O–H groups in total. The van der Waals surface area contributed by atoms with Crippen LogP contribution in [0.15, 0.2) is 36.7 Å². The Balaban J connectivity index is 1.29. The fourth-order valence-corrected chi connectivity index (χ4v) is 3.97. The Morgan fingerprint density at radius 2 is 2.00 bits per heavy atom. The highest BCUT2D eigenvalue weighted by Crippen LogP contribution is 2.33. The normalized spacial score (nSPS) is 18.1. The van der Waals surface area contributed by atoms with Crippen molar-refractivity contribution in [3.63, 3.8) is 0 Å². The summed E-state index contributed by atoms with van der Waals surface area (Å²) in [5.41, 5.74) is 0.111. The monoisotopic (exact) mass is 396 g/mol. The number of pyridine rings is 1. The van der Waals surface area contributed by atoms with Crippen LogP contribution in [0.1, 0.15) is 44.2 Å². The molecule has 1 aliphatic carbocycles. The summed E-state index contributed by atoms with van der Waals surface area (Å²) in [6.07, 6.45) is 7.80. The summed E-state index contributed by atoms with van der Waals surface area (Å²) in [6.45, 7) is 0.564. The average Bonchev–Trinajstić information content (AvgIpc) is 3.24. The van der Waals surface area contributed by atoms with Gasteiger partial charge < -0.3 is 10.6 Å². The minimum atomic E-state index is -0.754. The van der Waals surface area contributed by atoms with Crippen molar-refractivity contribution in [3.8, 4) is 0 Å². The van der Waals surface area contributed by atoms with E-state index < -0.39 is 11.6 Å². The van der Waals surface area contributed by atoms with Crippen LogP contribution >= 0.6 is 0 Å². The molecule has 1 saturated carbocycles. The van der Waals surface area contributed by atoms with E-state index in [1.54, 1.807) is 23.1 Å². The lowest BCUT2D eigenvalue weighted by Gasteiger charge is -2.30. The Kier molecular flexibility index (Phi) is 5.28. The molecule has 0 atom stereocenters. The molecule has 0 aromatic carbocycles. The summed E-state index contributed by atoms with van der Waals surface area (Å²) in [5, 5.41) is 9.87. The second kappa shape index (κ2) is 8.02. The van der Waals surface area contributed by atoms with Crippen LogP contribution in [0, 0.1) is 0 Å². The Morgan fingerprint density at radius 3 is 2.76 bits per heavy atom. The van der Waals surface area contributed by atoms with Gasteiger partial charge in [-0.15, -0.1) is 0 Å². The van der Waals surface area contributed by atoms with Crippen LogP contribution in [0.2, 0.25) is 0 Å². The molecule has 0 bridgehead atoms. The summed E-state index contributed by atoms with van der Waals surface area (Å²) in [6, 6.07) is 6.95. The first-order valence-corrected chi connectivity index (χ1v) is 9.93. The zero-order valence-electron chi connectivity index (χ0n) is 16.1. The van der Waals surface area contributed by atoms with Crippen LogP contribution in [0.4, 0.5) is 10.6 Å². The number of hydrogen-bond acceptors (Lipinski definition) is 5. The highest BCUT2D eigenvalue weighted by molar-refractivity contribution is 6.07. The highest BCUT2D eigenvalue weighted by Gasteiger charge is 2.51. The minimum absolute atomic E-state index is 0.0301. The molecule has 1 aliphatic heterocycles. The van der Waals surface area contributed by atoms with E-state index in [1.165, 1.54) is 4.90 Å². The summed E-state index contributed by atoms with van der Waals surface area (Å²) in [5.74, 6) is -0.0696. The number of carbonyl (C=O) groups excluding carboxylic acids is 3. The maximum atomic E-state index is 12.7. The lowest BCUT2D eigenvalue weighted by Crippen LogP contribution is -2.48. The molecule has 9 nitrogen and oxygen atoms in total. The van der Waals surface area contributed by atoms with Gasteiger partial charge in [-0.1, -0.05) is 25.3 Å². The molecule has 3 heterocycles. The van der Waals surface area contributed by atoms with E-state index in [-0.39, 0.29) is 24.8 Å². The van der Waals surface area contributed by atoms with E-state index in [9.17, 15) is 14.4 Å². The van der Waals surface area contributed by atoms with Crippen molar-refractivity contribution >= 4 is 23.7 Å². The Labute approximate surface area is 168 Å². The Bertz CT molecular complexity index is 904. The molecule has 1 saturated heterocycles. The fraction of sp³-hybridized carbons (Fsp3) is 0.450. The molecule has 9 heteroatoms. The van der Waals surface area contributed by atoms with Crippen LogP contribution in [0.3, 0.4) is 0 Å². The van der Waals surface area contributed by atoms with Crippen LogP contribution in [-0.2, 0) is 16.1 Å². The van der Waals surface area contributed by atoms with Gasteiger partial charge in [0.2, 0.25) is 5.91 Å². The lowest BCUT2D eigenvalue weighted by molar-refractivity contribution is -0.132. The molecule has 4 rings (SSSR count). The Morgan fingerprint density at radius 1 is 1.17 bits per heavy atom. The summed E-state index contributed by atoms with van der Waals surface area (Å²) in [4.78, 5) is 42.7. The number of nitrogens with one attached hydrogen (secondary N) is 2. The Hall–Kier alpha value is -3.23. The molecule has 2 fully saturated rings. The first-order chi connectivity index (χ1) is 14.1. The maximum absolute atomic E-state index is 12.7. The van der Waals surface area contributed by atoms with Crippen molar-refractivity contribution in [3.05, 3.63) is 42.4 Å². The first-order valence-electron chi connectivity index (χ1n) is 9.93. The molecular formula is C20H24N6O3. The number of anilines is 1. The van der Waals surface area contributed by atoms with Gasteiger partial charge in [0.1, 0.15) is 5.54 Å². The molecule has 29 heavy (non-hydrogen) atoms. The zero-order valence-corrected chi connectivity index (χ0v) is 16.1. The van der Waals surface area contributed by atoms with Gasteiger partial charge in [0, 0.05) is 31.4 Å². The lowest BCUT2D eigenvalue weighted by atomic mass is 9.82. The van der Waals surface area contributed by atoms with Gasteiger partial charge >= 0.3 is 6.03 Å². The van der Waals surface area contributed by atoms with E-state index in [0.717, 1.165) is 25.0 Å². The van der Waals surface area contributed by atoms with Crippen molar-refractivity contribution < 1.29 is 14.4 Å². The van der Waals surface area contributed by atoms with Gasteiger partial charge in [0.05, 0.1) is 12.2 Å². The molecular weight excluding hydrogens is 372 g/mol. The topological polar surface area (TPSA) is 109 Å². The molecule has 2 aliphatic rings. The third kappa shape index (κ3) is 4.13. The number of hydrogen-bond donors (Lipinski definition) is 2. The molecule has 152 valence electrons. The molecule has 0 unspecified atom stereocenters. The molecule has 1 spiro atoms. The number of carbonyl (C=O) groups is 3. The first kappa shape index (κ1) is 19.1.